The van der Waals surface area contributed by atoms with E-state index in [4.69, 9.17) is 0 Å². The molecule has 0 fully saturated rings. The van der Waals surface area contributed by atoms with Crippen LogP contribution in [-0.4, -0.2) is 22.7 Å². The van der Waals surface area contributed by atoms with Gasteiger partial charge in [-0.1, -0.05) is 127 Å². The van der Waals surface area contributed by atoms with Crippen LogP contribution in [0, 0.1) is 0 Å². The molecule has 1 aromatic heterocycles. The van der Waals surface area contributed by atoms with E-state index in [9.17, 15) is 115 Å². The first-order chi connectivity index (χ1) is 40.5. The molecule has 8 aromatic carbocycles. The molecule has 4 nitrogen and oxygen atoms in total. The standard InChI is InChI=1S/C32H12BF24.C27H19N2O2/c34-25(35,36)13-1-14(26(37,38)39)6-21(5-13)33(22-7-15(27(40,41)42)2-16(8-22)28(43,44)45,23-9-17(29(46,47)48)3-18(10-23)30(49,50)51)24-11-19(31(52,53)54)4-20(12-24)32(55,56)57;30-25(19-8-2-1-3-9-19)18-29-15-14-28-24(17-29)27(31)26-22-12-6-4-10-20(22)16-21-11-5-7-13-23(21)26/h1-12H;1-17H,18H2/q-1;+1. The smallest absolute Gasteiger partial charge is 0.287 e. The van der Waals surface area contributed by atoms with Gasteiger partial charge in [0.1, 0.15) is 6.15 Å². The van der Waals surface area contributed by atoms with Crippen LogP contribution in [-0.2, 0) is 56.0 Å². The highest BCUT2D eigenvalue weighted by molar-refractivity contribution is 7.20. The summed E-state index contributed by atoms with van der Waals surface area (Å²) in [5.41, 5.74) is -28.6. The Labute approximate surface area is 478 Å². The maximum absolute atomic E-state index is 14.2. The van der Waals surface area contributed by atoms with Gasteiger partial charge in [0.2, 0.25) is 18.1 Å². The van der Waals surface area contributed by atoms with Crippen molar-refractivity contribution in [3.63, 3.8) is 0 Å². The summed E-state index contributed by atoms with van der Waals surface area (Å²) < 4.78 is 343. The molecular weight excluding hydrogens is 1240 g/mol. The van der Waals surface area contributed by atoms with E-state index >= 15 is 0 Å². The Hall–Kier alpha value is -8.92. The summed E-state index contributed by atoms with van der Waals surface area (Å²) in [6.07, 6.45) is -49.9. The molecule has 88 heavy (non-hydrogen) atoms. The lowest BCUT2D eigenvalue weighted by Crippen LogP contribution is -2.75. The van der Waals surface area contributed by atoms with Gasteiger partial charge in [0.25, 0.3) is 0 Å². The number of ketones is 2. The summed E-state index contributed by atoms with van der Waals surface area (Å²) >= 11 is 0. The van der Waals surface area contributed by atoms with E-state index in [0.29, 0.717) is 16.8 Å². The number of hydrogen-bond acceptors (Lipinski definition) is 3. The average molecular weight is 1270 g/mol. The summed E-state index contributed by atoms with van der Waals surface area (Å²) in [4.78, 5) is 30.5. The first kappa shape index (κ1) is 65.1. The molecule has 0 bridgehead atoms. The summed E-state index contributed by atoms with van der Waals surface area (Å²) in [5, 5.41) is 3.80. The van der Waals surface area contributed by atoms with Gasteiger partial charge in [-0.3, -0.25) is 9.59 Å². The molecule has 0 saturated carbocycles. The van der Waals surface area contributed by atoms with E-state index in [2.05, 4.69) is 11.1 Å². The molecular formula is C59H31BF24N2O2. The van der Waals surface area contributed by atoms with E-state index in [-0.39, 0.29) is 18.1 Å². The highest BCUT2D eigenvalue weighted by Crippen LogP contribution is 2.42. The number of Topliss-reactive ketones (excluding diaryl/α,β-unsaturated/α-hetero) is 1. The fourth-order valence-electron chi connectivity index (χ4n) is 9.99. The molecule has 0 aliphatic rings. The number of fused-ring (bicyclic) bond motifs is 2. The number of benzene rings is 8. The predicted molar refractivity (Wildman–Crippen MR) is 270 cm³/mol. The van der Waals surface area contributed by atoms with Crippen molar-refractivity contribution >= 4 is 61.1 Å². The average Bonchev–Trinajstić information content (AvgIpc) is 0.747. The lowest BCUT2D eigenvalue weighted by Gasteiger charge is -2.46. The monoisotopic (exact) mass is 1270 g/mol. The number of hydrogen-bond donors (Lipinski definition) is 0. The second-order valence-corrected chi connectivity index (χ2v) is 19.6. The van der Waals surface area contributed by atoms with Crippen LogP contribution < -0.4 is 26.4 Å². The van der Waals surface area contributed by atoms with E-state index in [0.717, 1.165) is 21.5 Å². The van der Waals surface area contributed by atoms with Crippen molar-refractivity contribution in [3.8, 4) is 0 Å². The third-order valence-electron chi connectivity index (χ3n) is 13.9. The number of halogens is 24. The minimum Gasteiger partial charge on any atom is -0.287 e. The first-order valence-corrected chi connectivity index (χ1v) is 24.7. The van der Waals surface area contributed by atoms with Gasteiger partial charge in [0.15, 0.2) is 18.1 Å². The van der Waals surface area contributed by atoms with Crippen LogP contribution in [0.25, 0.3) is 21.5 Å². The summed E-state index contributed by atoms with van der Waals surface area (Å²) in [6.45, 7) is 0.142. The second kappa shape index (κ2) is 23.0. The van der Waals surface area contributed by atoms with E-state index in [1.807, 2.05) is 66.7 Å². The van der Waals surface area contributed by atoms with Crippen molar-refractivity contribution in [2.75, 3.05) is 0 Å². The summed E-state index contributed by atoms with van der Waals surface area (Å²) in [5.74, 6) is -0.180. The predicted octanol–water partition coefficient (Wildman–Crippen LogP) is 16.0. The van der Waals surface area contributed by atoms with E-state index in [1.54, 1.807) is 35.3 Å². The van der Waals surface area contributed by atoms with E-state index in [1.165, 1.54) is 0 Å². The Morgan fingerprint density at radius 1 is 0.364 bits per heavy atom. The van der Waals surface area contributed by atoms with Gasteiger partial charge in [-0.05, 0) is 51.9 Å². The van der Waals surface area contributed by atoms with Gasteiger partial charge in [0.05, 0.1) is 50.7 Å². The maximum atomic E-state index is 14.2. The van der Waals surface area contributed by atoms with Crippen molar-refractivity contribution < 1.29 is 120 Å². The van der Waals surface area contributed by atoms with Crippen molar-refractivity contribution in [2.24, 2.45) is 0 Å². The maximum Gasteiger partial charge on any atom is 0.416 e. The van der Waals surface area contributed by atoms with Gasteiger partial charge >= 0.3 is 49.4 Å². The third kappa shape index (κ3) is 13.9. The summed E-state index contributed by atoms with van der Waals surface area (Å²) in [6, 6.07) is 18.2. The van der Waals surface area contributed by atoms with Crippen molar-refractivity contribution in [3.05, 3.63) is 238 Å². The van der Waals surface area contributed by atoms with Gasteiger partial charge in [-0.2, -0.15) is 132 Å². The largest absolute Gasteiger partial charge is 0.416 e. The third-order valence-corrected chi connectivity index (χ3v) is 13.9. The van der Waals surface area contributed by atoms with Crippen LogP contribution in [0.3, 0.4) is 0 Å². The molecule has 0 spiro atoms. The molecule has 0 aliphatic carbocycles. The Morgan fingerprint density at radius 3 is 0.943 bits per heavy atom. The van der Waals surface area contributed by atoms with Crippen LogP contribution in [0.5, 0.6) is 0 Å². The van der Waals surface area contributed by atoms with Crippen LogP contribution >= 0.6 is 0 Å². The van der Waals surface area contributed by atoms with Crippen LogP contribution in [0.1, 0.15) is 70.9 Å². The second-order valence-electron chi connectivity index (χ2n) is 19.6. The highest BCUT2D eigenvalue weighted by Gasteiger charge is 2.47. The minimum absolute atomic E-state index is 0.0224. The number of carbonyl (C=O) groups is 2. The van der Waals surface area contributed by atoms with Crippen molar-refractivity contribution in [1.29, 1.82) is 0 Å². The molecule has 9 aromatic rings. The Bertz CT molecular complexity index is 3630. The van der Waals surface area contributed by atoms with Crippen LogP contribution in [0.4, 0.5) is 105 Å². The Morgan fingerprint density at radius 2 is 0.648 bits per heavy atom. The van der Waals surface area contributed by atoms with Crippen LogP contribution in [0.2, 0.25) is 0 Å². The first-order valence-electron chi connectivity index (χ1n) is 24.7. The lowest BCUT2D eigenvalue weighted by molar-refractivity contribution is -0.683. The lowest BCUT2D eigenvalue weighted by atomic mass is 9.12. The number of aromatic nitrogens is 2. The van der Waals surface area contributed by atoms with Gasteiger partial charge in [-0.25, -0.2) is 4.98 Å². The molecule has 0 amide bonds. The van der Waals surface area contributed by atoms with Crippen LogP contribution in [0.15, 0.2) is 176 Å². The number of carbonyl (C=O) groups excluding carboxylic acids is 2. The zero-order valence-electron chi connectivity index (χ0n) is 43.3. The highest BCUT2D eigenvalue weighted by atomic mass is 19.4. The van der Waals surface area contributed by atoms with E-state index < -0.39 is 195 Å². The fourth-order valence-corrected chi connectivity index (χ4v) is 9.99. The number of nitrogens with zero attached hydrogens (tertiary/aromatic N) is 2. The normalized spacial score (nSPS) is 13.1. The quantitative estimate of drug-likeness (QED) is 0.0476. The molecule has 460 valence electrons. The zero-order chi connectivity index (χ0) is 65.1. The number of alkyl halides is 24. The van der Waals surface area contributed by atoms with Gasteiger partial charge < -0.3 is 0 Å². The van der Waals surface area contributed by atoms with Crippen molar-refractivity contribution in [1.82, 2.24) is 4.98 Å². The SMILES string of the molecule is FC(F)(F)c1cc([B-](c2cc(C(F)(F)F)cc(C(F)(F)F)c2)(c2cc(C(F)(F)F)cc(C(F)(F)F)c2)c2cc(C(F)(F)F)cc(C(F)(F)F)c2)cc(C(F)(F)F)c1.O=C(C[n+]1ccnc(C(=O)c2c3ccccc3cc3ccccc23)c1)c1ccccc1. The minimum atomic E-state index is -6.13. The molecule has 0 aliphatic heterocycles. The molecule has 0 N–H and O–H groups in total. The Balaban J connectivity index is 0.000000269. The van der Waals surface area contributed by atoms with Gasteiger partial charge in [-0.15, -0.1) is 0 Å². The molecule has 0 atom stereocenters. The van der Waals surface area contributed by atoms with Gasteiger partial charge in [0, 0.05) is 11.1 Å². The molecule has 0 unspecified atom stereocenters. The molecule has 29 heteroatoms. The molecule has 1 heterocycles. The zero-order valence-corrected chi connectivity index (χ0v) is 43.3. The molecule has 9 rings (SSSR count). The molecule has 0 saturated heterocycles. The fraction of sp³-hybridized carbons (Fsp3) is 0.153. The van der Waals surface area contributed by atoms with Crippen molar-refractivity contribution in [2.45, 2.75) is 56.0 Å². The number of rotatable bonds is 9. The topological polar surface area (TPSA) is 50.9 Å². The Kier molecular flexibility index (Phi) is 17.0. The molecule has 0 radical (unpaired) electrons. The summed E-state index contributed by atoms with van der Waals surface area (Å²) in [7, 11) is 0.